The molecule has 0 spiro atoms. The number of rotatable bonds is 5. The maximum Gasteiger partial charge on any atom is 0.241 e. The van der Waals surface area contributed by atoms with Crippen molar-refractivity contribution in [2.45, 2.75) is 69.9 Å². The predicted molar refractivity (Wildman–Crippen MR) is 84.7 cm³/mol. The highest BCUT2D eigenvalue weighted by atomic mass is 16.2. The third kappa shape index (κ3) is 3.67. The lowest BCUT2D eigenvalue weighted by Gasteiger charge is -2.36. The summed E-state index contributed by atoms with van der Waals surface area (Å²) >= 11 is 0. The molecule has 3 aliphatic rings. The van der Waals surface area contributed by atoms with E-state index in [0.717, 1.165) is 25.8 Å². The van der Waals surface area contributed by atoms with Crippen molar-refractivity contribution in [3.05, 3.63) is 11.8 Å². The minimum Gasteiger partial charge on any atom is -0.329 e. The number of hydrogen-bond donors (Lipinski definition) is 1. The number of piperidine rings is 1. The van der Waals surface area contributed by atoms with Gasteiger partial charge in [0.25, 0.3) is 0 Å². The molecule has 0 aromatic rings. The zero-order chi connectivity index (χ0) is 14.7. The lowest BCUT2D eigenvalue weighted by molar-refractivity contribution is -0.132. The van der Waals surface area contributed by atoms with Crippen LogP contribution < -0.4 is 5.73 Å². The van der Waals surface area contributed by atoms with Gasteiger partial charge in [0.05, 0.1) is 6.54 Å². The van der Waals surface area contributed by atoms with Gasteiger partial charge in [-0.25, -0.2) is 0 Å². The highest BCUT2D eigenvalue weighted by molar-refractivity contribution is 5.81. The van der Waals surface area contributed by atoms with Crippen LogP contribution in [0.4, 0.5) is 0 Å². The molecule has 1 saturated heterocycles. The average molecular weight is 291 g/mol. The minimum absolute atomic E-state index is 0.311. The van der Waals surface area contributed by atoms with E-state index >= 15 is 0 Å². The summed E-state index contributed by atoms with van der Waals surface area (Å²) in [5, 5.41) is 0. The standard InChI is InChI=1S/C17H29N3O/c18-12-16-8-4-5-11-19(16)13-17(21)20(15-9-10-15)14-6-2-1-3-7-14/h6,15-16H,1-5,7-13,18H2. The van der Waals surface area contributed by atoms with Crippen molar-refractivity contribution in [2.75, 3.05) is 19.6 Å². The van der Waals surface area contributed by atoms with Crippen LogP contribution in [-0.2, 0) is 4.79 Å². The van der Waals surface area contributed by atoms with Gasteiger partial charge in [0.2, 0.25) is 5.91 Å². The quantitative estimate of drug-likeness (QED) is 0.845. The van der Waals surface area contributed by atoms with Gasteiger partial charge in [0.1, 0.15) is 0 Å². The molecule has 1 aliphatic heterocycles. The zero-order valence-corrected chi connectivity index (χ0v) is 13.1. The molecule has 0 bridgehead atoms. The SMILES string of the molecule is NCC1CCCCN1CC(=O)N(C1=CCCCC1)C1CC1. The zero-order valence-electron chi connectivity index (χ0n) is 13.1. The molecule has 1 saturated carbocycles. The molecule has 1 heterocycles. The van der Waals surface area contributed by atoms with Crippen molar-refractivity contribution < 1.29 is 4.79 Å². The van der Waals surface area contributed by atoms with Crippen molar-refractivity contribution in [3.8, 4) is 0 Å². The van der Waals surface area contributed by atoms with Crippen LogP contribution in [0.1, 0.15) is 57.8 Å². The smallest absolute Gasteiger partial charge is 0.241 e. The van der Waals surface area contributed by atoms with Crippen molar-refractivity contribution >= 4 is 5.91 Å². The van der Waals surface area contributed by atoms with Gasteiger partial charge in [-0.15, -0.1) is 0 Å². The molecule has 21 heavy (non-hydrogen) atoms. The summed E-state index contributed by atoms with van der Waals surface area (Å²) in [6.45, 7) is 2.28. The number of nitrogens with two attached hydrogens (primary N) is 1. The summed E-state index contributed by atoms with van der Waals surface area (Å²) in [6, 6.07) is 0.895. The van der Waals surface area contributed by atoms with E-state index in [9.17, 15) is 4.79 Å². The van der Waals surface area contributed by atoms with Crippen LogP contribution in [0.2, 0.25) is 0 Å². The Balaban J connectivity index is 1.65. The highest BCUT2D eigenvalue weighted by Gasteiger charge is 2.36. The summed E-state index contributed by atoms with van der Waals surface area (Å²) in [5.41, 5.74) is 7.18. The average Bonchev–Trinajstić information content (AvgIpc) is 3.34. The second-order valence-electron chi connectivity index (χ2n) is 6.79. The summed E-state index contributed by atoms with van der Waals surface area (Å²) in [4.78, 5) is 17.3. The molecule has 3 rings (SSSR count). The first-order valence-electron chi connectivity index (χ1n) is 8.75. The van der Waals surface area contributed by atoms with Gasteiger partial charge >= 0.3 is 0 Å². The number of carbonyl (C=O) groups is 1. The molecule has 1 amide bonds. The minimum atomic E-state index is 0.311. The van der Waals surface area contributed by atoms with Gasteiger partial charge in [-0.05, 0) is 57.9 Å². The molecule has 4 heteroatoms. The molecule has 0 radical (unpaired) electrons. The Bertz CT molecular complexity index is 403. The van der Waals surface area contributed by atoms with Gasteiger partial charge < -0.3 is 10.6 Å². The van der Waals surface area contributed by atoms with Crippen LogP contribution in [0, 0.1) is 0 Å². The number of carbonyl (C=O) groups excluding carboxylic acids is 1. The van der Waals surface area contributed by atoms with Crippen LogP contribution >= 0.6 is 0 Å². The summed E-state index contributed by atoms with van der Waals surface area (Å²) < 4.78 is 0. The fourth-order valence-electron chi connectivity index (χ4n) is 3.76. The van der Waals surface area contributed by atoms with Crippen molar-refractivity contribution in [1.29, 1.82) is 0 Å². The number of nitrogens with zero attached hydrogens (tertiary/aromatic N) is 2. The first-order chi connectivity index (χ1) is 10.3. The van der Waals surface area contributed by atoms with E-state index in [-0.39, 0.29) is 0 Å². The van der Waals surface area contributed by atoms with Crippen LogP contribution in [0.15, 0.2) is 11.8 Å². The van der Waals surface area contributed by atoms with E-state index in [0.29, 0.717) is 31.1 Å². The Hall–Kier alpha value is -0.870. The van der Waals surface area contributed by atoms with Crippen molar-refractivity contribution in [1.82, 2.24) is 9.80 Å². The van der Waals surface area contributed by atoms with E-state index in [4.69, 9.17) is 5.73 Å². The van der Waals surface area contributed by atoms with Crippen LogP contribution in [0.3, 0.4) is 0 Å². The molecule has 2 fully saturated rings. The summed E-state index contributed by atoms with van der Waals surface area (Å²) in [6.07, 6.45) is 13.0. The molecule has 0 aromatic heterocycles. The monoisotopic (exact) mass is 291 g/mol. The molecule has 1 unspecified atom stereocenters. The third-order valence-electron chi connectivity index (χ3n) is 5.12. The first-order valence-corrected chi connectivity index (χ1v) is 8.75. The number of hydrogen-bond acceptors (Lipinski definition) is 3. The number of allylic oxidation sites excluding steroid dienone is 2. The normalized spacial score (nSPS) is 27.3. The number of likely N-dealkylation sites (tertiary alicyclic amines) is 1. The van der Waals surface area contributed by atoms with E-state index in [1.54, 1.807) is 0 Å². The third-order valence-corrected chi connectivity index (χ3v) is 5.12. The molecule has 2 N–H and O–H groups in total. The van der Waals surface area contributed by atoms with E-state index in [1.807, 2.05) is 0 Å². The van der Waals surface area contributed by atoms with Crippen LogP contribution in [0.25, 0.3) is 0 Å². The molecule has 1 atom stereocenters. The second-order valence-corrected chi connectivity index (χ2v) is 6.79. The highest BCUT2D eigenvalue weighted by Crippen LogP contribution is 2.34. The number of amides is 1. The summed E-state index contributed by atoms with van der Waals surface area (Å²) in [7, 11) is 0. The van der Waals surface area contributed by atoms with Gasteiger partial charge in [0, 0.05) is 24.3 Å². The molecular weight excluding hydrogens is 262 g/mol. The molecule has 4 nitrogen and oxygen atoms in total. The van der Waals surface area contributed by atoms with Gasteiger partial charge in [-0.2, -0.15) is 0 Å². The second kappa shape index (κ2) is 6.93. The Morgan fingerprint density at radius 1 is 1.24 bits per heavy atom. The Labute approximate surface area is 128 Å². The lowest BCUT2D eigenvalue weighted by atomic mass is 10.0. The van der Waals surface area contributed by atoms with E-state index < -0.39 is 0 Å². The lowest BCUT2D eigenvalue weighted by Crippen LogP contribution is -2.49. The van der Waals surface area contributed by atoms with E-state index in [2.05, 4.69) is 15.9 Å². The topological polar surface area (TPSA) is 49.6 Å². The first kappa shape index (κ1) is 15.0. The predicted octanol–water partition coefficient (Wildman–Crippen LogP) is 2.25. The molecule has 2 aliphatic carbocycles. The van der Waals surface area contributed by atoms with Gasteiger partial charge in [-0.3, -0.25) is 9.69 Å². The molecular formula is C17H29N3O. The van der Waals surface area contributed by atoms with Gasteiger partial charge in [-0.1, -0.05) is 12.5 Å². The van der Waals surface area contributed by atoms with Crippen LogP contribution in [-0.4, -0.2) is 47.4 Å². The maximum atomic E-state index is 12.9. The van der Waals surface area contributed by atoms with Crippen LogP contribution in [0.5, 0.6) is 0 Å². The largest absolute Gasteiger partial charge is 0.329 e. The fraction of sp³-hybridized carbons (Fsp3) is 0.824. The summed E-state index contributed by atoms with van der Waals surface area (Å²) in [5.74, 6) is 0.311. The fourth-order valence-corrected chi connectivity index (χ4v) is 3.76. The van der Waals surface area contributed by atoms with Gasteiger partial charge in [0.15, 0.2) is 0 Å². The Morgan fingerprint density at radius 3 is 2.76 bits per heavy atom. The Morgan fingerprint density at radius 2 is 2.10 bits per heavy atom. The Kier molecular flexibility index (Phi) is 4.96. The van der Waals surface area contributed by atoms with E-state index in [1.165, 1.54) is 44.2 Å². The maximum absolute atomic E-state index is 12.9. The molecule has 118 valence electrons. The van der Waals surface area contributed by atoms with Crippen molar-refractivity contribution in [3.63, 3.8) is 0 Å². The molecule has 0 aromatic carbocycles. The van der Waals surface area contributed by atoms with Crippen molar-refractivity contribution in [2.24, 2.45) is 5.73 Å².